The predicted molar refractivity (Wildman–Crippen MR) is 89.3 cm³/mol. The summed E-state index contributed by atoms with van der Waals surface area (Å²) in [5.74, 6) is 0.420. The van der Waals surface area contributed by atoms with Crippen LogP contribution >= 0.6 is 0 Å². The minimum Gasteiger partial charge on any atom is -0.336 e. The standard InChI is InChI=1S/C17H30N4O/c1-13(2)15-12-14(18-21(15)17(3,4)5)16(22)20-9-7-8-19(6)10-11-20/h12-13H,7-11H2,1-6H3. The van der Waals surface area contributed by atoms with Crippen molar-refractivity contribution in [2.24, 2.45) is 0 Å². The summed E-state index contributed by atoms with van der Waals surface area (Å²) in [6.07, 6.45) is 1.03. The highest BCUT2D eigenvalue weighted by molar-refractivity contribution is 5.92. The molecule has 0 bridgehead atoms. The summed E-state index contributed by atoms with van der Waals surface area (Å²) < 4.78 is 2.01. The van der Waals surface area contributed by atoms with E-state index in [2.05, 4.69) is 51.7 Å². The van der Waals surface area contributed by atoms with Crippen molar-refractivity contribution < 1.29 is 4.79 Å². The Hall–Kier alpha value is -1.36. The molecule has 5 heteroatoms. The van der Waals surface area contributed by atoms with Gasteiger partial charge in [0, 0.05) is 25.3 Å². The summed E-state index contributed by atoms with van der Waals surface area (Å²) >= 11 is 0. The van der Waals surface area contributed by atoms with Crippen LogP contribution in [0.3, 0.4) is 0 Å². The summed E-state index contributed by atoms with van der Waals surface area (Å²) in [6.45, 7) is 14.3. The van der Waals surface area contributed by atoms with Gasteiger partial charge in [0.25, 0.3) is 5.91 Å². The second-order valence-electron chi connectivity index (χ2n) is 7.64. The summed E-state index contributed by atoms with van der Waals surface area (Å²) in [7, 11) is 2.11. The zero-order chi connectivity index (χ0) is 16.5. The molecule has 1 amide bonds. The van der Waals surface area contributed by atoms with Gasteiger partial charge in [0.05, 0.1) is 5.54 Å². The lowest BCUT2D eigenvalue weighted by Crippen LogP contribution is -2.35. The van der Waals surface area contributed by atoms with E-state index in [0.717, 1.165) is 38.3 Å². The van der Waals surface area contributed by atoms with Crippen molar-refractivity contribution in [2.45, 2.75) is 52.5 Å². The van der Waals surface area contributed by atoms with Gasteiger partial charge in [0.2, 0.25) is 0 Å². The number of amides is 1. The van der Waals surface area contributed by atoms with Gasteiger partial charge >= 0.3 is 0 Å². The summed E-state index contributed by atoms with van der Waals surface area (Å²) in [5, 5.41) is 4.64. The van der Waals surface area contributed by atoms with Crippen LogP contribution in [-0.4, -0.2) is 58.7 Å². The van der Waals surface area contributed by atoms with Crippen LogP contribution in [0, 0.1) is 0 Å². The molecule has 1 fully saturated rings. The summed E-state index contributed by atoms with van der Waals surface area (Å²) in [4.78, 5) is 17.0. The van der Waals surface area contributed by atoms with Gasteiger partial charge in [-0.05, 0) is 52.8 Å². The Morgan fingerprint density at radius 2 is 1.86 bits per heavy atom. The highest BCUT2D eigenvalue weighted by Gasteiger charge is 2.26. The van der Waals surface area contributed by atoms with Crippen LogP contribution in [-0.2, 0) is 5.54 Å². The molecular formula is C17H30N4O. The maximum Gasteiger partial charge on any atom is 0.274 e. The van der Waals surface area contributed by atoms with Crippen LogP contribution in [0.1, 0.15) is 63.1 Å². The van der Waals surface area contributed by atoms with Crippen LogP contribution in [0.5, 0.6) is 0 Å². The fourth-order valence-electron chi connectivity index (χ4n) is 2.86. The first-order valence-electron chi connectivity index (χ1n) is 8.28. The minimum atomic E-state index is -0.114. The Balaban J connectivity index is 2.26. The zero-order valence-electron chi connectivity index (χ0n) is 14.9. The highest BCUT2D eigenvalue weighted by Crippen LogP contribution is 2.24. The van der Waals surface area contributed by atoms with E-state index in [1.165, 1.54) is 0 Å². The van der Waals surface area contributed by atoms with Gasteiger partial charge < -0.3 is 9.80 Å². The molecule has 2 rings (SSSR count). The van der Waals surface area contributed by atoms with Crippen molar-refractivity contribution in [3.63, 3.8) is 0 Å². The fraction of sp³-hybridized carbons (Fsp3) is 0.765. The average molecular weight is 306 g/mol. The van der Waals surface area contributed by atoms with Gasteiger partial charge in [0.15, 0.2) is 5.69 Å². The van der Waals surface area contributed by atoms with Crippen molar-refractivity contribution in [2.75, 3.05) is 33.2 Å². The van der Waals surface area contributed by atoms with Crippen LogP contribution < -0.4 is 0 Å². The second kappa shape index (κ2) is 6.41. The molecule has 1 aliphatic heterocycles. The summed E-state index contributed by atoms with van der Waals surface area (Å²) in [5.41, 5.74) is 1.60. The van der Waals surface area contributed by atoms with Crippen molar-refractivity contribution in [3.8, 4) is 0 Å². The molecule has 5 nitrogen and oxygen atoms in total. The van der Waals surface area contributed by atoms with Crippen molar-refractivity contribution in [1.29, 1.82) is 0 Å². The Bertz CT molecular complexity index is 527. The Labute approximate surface area is 134 Å². The molecule has 2 heterocycles. The van der Waals surface area contributed by atoms with Gasteiger partial charge in [-0.2, -0.15) is 5.10 Å². The fourth-order valence-corrected chi connectivity index (χ4v) is 2.86. The van der Waals surface area contributed by atoms with E-state index in [1.54, 1.807) is 0 Å². The molecule has 0 atom stereocenters. The number of rotatable bonds is 2. The molecule has 0 unspecified atom stereocenters. The molecule has 1 aliphatic rings. The maximum absolute atomic E-state index is 12.8. The van der Waals surface area contributed by atoms with E-state index in [9.17, 15) is 4.79 Å². The van der Waals surface area contributed by atoms with Crippen molar-refractivity contribution in [3.05, 3.63) is 17.5 Å². The number of nitrogens with zero attached hydrogens (tertiary/aromatic N) is 4. The molecular weight excluding hydrogens is 276 g/mol. The molecule has 0 saturated carbocycles. The molecule has 22 heavy (non-hydrogen) atoms. The van der Waals surface area contributed by atoms with Crippen LogP contribution in [0.2, 0.25) is 0 Å². The first-order chi connectivity index (χ1) is 10.2. The Kier molecular flexibility index (Phi) is 4.95. The summed E-state index contributed by atoms with van der Waals surface area (Å²) in [6, 6.07) is 1.98. The van der Waals surface area contributed by atoms with Gasteiger partial charge in [-0.15, -0.1) is 0 Å². The third-order valence-corrected chi connectivity index (χ3v) is 4.19. The smallest absolute Gasteiger partial charge is 0.274 e. The quantitative estimate of drug-likeness (QED) is 0.843. The lowest BCUT2D eigenvalue weighted by molar-refractivity contribution is 0.0755. The monoisotopic (exact) mass is 306 g/mol. The van der Waals surface area contributed by atoms with Gasteiger partial charge in [-0.25, -0.2) is 0 Å². The Morgan fingerprint density at radius 3 is 2.41 bits per heavy atom. The number of aromatic nitrogens is 2. The van der Waals surface area contributed by atoms with E-state index < -0.39 is 0 Å². The number of hydrogen-bond acceptors (Lipinski definition) is 3. The molecule has 0 aromatic carbocycles. The number of carbonyl (C=O) groups is 1. The third-order valence-electron chi connectivity index (χ3n) is 4.19. The van der Waals surface area contributed by atoms with E-state index in [1.807, 2.05) is 15.6 Å². The van der Waals surface area contributed by atoms with Crippen LogP contribution in [0.4, 0.5) is 0 Å². The lowest BCUT2D eigenvalue weighted by Gasteiger charge is -2.24. The normalized spacial score (nSPS) is 17.9. The van der Waals surface area contributed by atoms with Crippen LogP contribution in [0.25, 0.3) is 0 Å². The largest absolute Gasteiger partial charge is 0.336 e. The molecule has 1 saturated heterocycles. The first-order valence-corrected chi connectivity index (χ1v) is 8.28. The van der Waals surface area contributed by atoms with Crippen molar-refractivity contribution in [1.82, 2.24) is 19.6 Å². The van der Waals surface area contributed by atoms with Gasteiger partial charge in [-0.3, -0.25) is 9.48 Å². The van der Waals surface area contributed by atoms with E-state index in [4.69, 9.17) is 0 Å². The van der Waals surface area contributed by atoms with Crippen LogP contribution in [0.15, 0.2) is 6.07 Å². The number of hydrogen-bond donors (Lipinski definition) is 0. The molecule has 1 aromatic rings. The van der Waals surface area contributed by atoms with E-state index in [0.29, 0.717) is 11.6 Å². The zero-order valence-corrected chi connectivity index (χ0v) is 14.9. The topological polar surface area (TPSA) is 41.4 Å². The van der Waals surface area contributed by atoms with Crippen molar-refractivity contribution >= 4 is 5.91 Å². The number of carbonyl (C=O) groups excluding carboxylic acids is 1. The molecule has 124 valence electrons. The maximum atomic E-state index is 12.8. The van der Waals surface area contributed by atoms with E-state index in [-0.39, 0.29) is 11.4 Å². The van der Waals surface area contributed by atoms with Gasteiger partial charge in [0.1, 0.15) is 0 Å². The molecule has 0 aliphatic carbocycles. The van der Waals surface area contributed by atoms with Gasteiger partial charge in [-0.1, -0.05) is 13.8 Å². The molecule has 0 N–H and O–H groups in total. The minimum absolute atomic E-state index is 0.0696. The third kappa shape index (κ3) is 3.69. The molecule has 0 radical (unpaired) electrons. The highest BCUT2D eigenvalue weighted by atomic mass is 16.2. The molecule has 1 aromatic heterocycles. The molecule has 0 spiro atoms. The average Bonchev–Trinajstić information content (AvgIpc) is 2.77. The second-order valence-corrected chi connectivity index (χ2v) is 7.64. The SMILES string of the molecule is CC(C)c1cc(C(=O)N2CCCN(C)CC2)nn1C(C)(C)C. The van der Waals surface area contributed by atoms with E-state index >= 15 is 0 Å². The first kappa shape index (κ1) is 17.0. The Morgan fingerprint density at radius 1 is 1.18 bits per heavy atom. The lowest BCUT2D eigenvalue weighted by atomic mass is 10.1. The number of likely N-dealkylation sites (N-methyl/N-ethyl adjacent to an activating group) is 1. The predicted octanol–water partition coefficient (Wildman–Crippen LogP) is 2.54.